The van der Waals surface area contributed by atoms with Crippen LogP contribution in [0, 0.1) is 24.2 Å². The van der Waals surface area contributed by atoms with Crippen LogP contribution < -0.4 is 20.0 Å². The predicted octanol–water partition coefficient (Wildman–Crippen LogP) is 15.8. The second-order valence-electron chi connectivity index (χ2n) is 28.4. The number of rotatable bonds is 25. The Hall–Kier alpha value is -4.12. The third kappa shape index (κ3) is 17.4. The van der Waals surface area contributed by atoms with Gasteiger partial charge >= 0.3 is 18.2 Å². The summed E-state index contributed by atoms with van der Waals surface area (Å²) >= 11 is 17.9. The maximum Gasteiger partial charge on any atom is 0.416 e. The third-order valence-corrected chi connectivity index (χ3v) is 35.1. The highest BCUT2D eigenvalue weighted by Crippen LogP contribution is 2.58. The Morgan fingerprint density at radius 1 is 0.835 bits per heavy atom. The quantitative estimate of drug-likeness (QED) is 0.0241. The predicted molar refractivity (Wildman–Crippen MR) is 349 cm³/mol. The Morgan fingerprint density at radius 2 is 1.44 bits per heavy atom. The highest BCUT2D eigenvalue weighted by atomic mass is 35.6. The van der Waals surface area contributed by atoms with E-state index >= 15 is 9.59 Å². The number of hydrogen-bond donors (Lipinski definition) is 2. The van der Waals surface area contributed by atoms with E-state index in [9.17, 15) is 19.2 Å². The molecule has 1 unspecified atom stereocenters. The van der Waals surface area contributed by atoms with Crippen molar-refractivity contribution in [1.29, 1.82) is 0 Å². The summed E-state index contributed by atoms with van der Waals surface area (Å²) in [5, 5.41) is 5.40. The van der Waals surface area contributed by atoms with E-state index in [4.69, 9.17) is 57.9 Å². The smallest absolute Gasteiger partial charge is 0.416 e. The number of benzene rings is 2. The van der Waals surface area contributed by atoms with Gasteiger partial charge in [0.2, 0.25) is 15.6 Å². The molecule has 3 aliphatic rings. The van der Waals surface area contributed by atoms with E-state index in [-0.39, 0.29) is 76.5 Å². The van der Waals surface area contributed by atoms with Gasteiger partial charge in [0.1, 0.15) is 31.6 Å². The first-order valence-corrected chi connectivity index (χ1v) is 39.5. The molecule has 2 N–H and O–H groups in total. The number of halogens is 3. The summed E-state index contributed by atoms with van der Waals surface area (Å²) in [5.41, 5.74) is 3.45. The molecule has 1 saturated heterocycles. The number of hydrogen-bond acceptors (Lipinski definition) is 11. The SMILES string of the molecule is C=CCOC(=O)C[C@H](C(=O)N[C@@H](CCCCN(C(=O)OCC(Cl)(Cl)Cl)[Si](C)(C)C(C)(C)C)C(=O)Nc1ccc(COC(=O)N2c3cc(O[Si](C(C)C)(C(C)C)C(C)C)c(C)cc3C(=O)N3CC4(CC4)C[C@H]3C2O[Si](C)(C)C(C)(C)C)cc1)C(C)C. The molecule has 2 aromatic carbocycles. The zero-order chi connectivity index (χ0) is 64.2. The average molecular weight is 1290 g/mol. The van der Waals surface area contributed by atoms with Crippen molar-refractivity contribution < 1.29 is 51.8 Å². The number of amides is 5. The maximum absolute atomic E-state index is 15.3. The van der Waals surface area contributed by atoms with Crippen LogP contribution in [-0.4, -0.2) is 119 Å². The van der Waals surface area contributed by atoms with Gasteiger partial charge in [0.25, 0.3) is 14.2 Å². The van der Waals surface area contributed by atoms with Gasteiger partial charge in [0, 0.05) is 24.8 Å². The van der Waals surface area contributed by atoms with Crippen molar-refractivity contribution in [2.24, 2.45) is 17.3 Å². The lowest BCUT2D eigenvalue weighted by molar-refractivity contribution is -0.146. The van der Waals surface area contributed by atoms with Gasteiger partial charge in [-0.1, -0.05) is 170 Å². The number of fused-ring (bicyclic) bond motifs is 2. The first-order chi connectivity index (χ1) is 39.1. The molecule has 0 radical (unpaired) electrons. The highest BCUT2D eigenvalue weighted by Gasteiger charge is 2.60. The monoisotopic (exact) mass is 1290 g/mol. The normalized spacial score (nSPS) is 18.0. The number of carbonyl (C=O) groups excluding carboxylic acids is 6. The molecule has 2 heterocycles. The average Bonchev–Trinajstić information content (AvgIpc) is 1.88. The van der Waals surface area contributed by atoms with Crippen molar-refractivity contribution in [3.8, 4) is 5.75 Å². The van der Waals surface area contributed by atoms with Gasteiger partial charge < -0.3 is 43.2 Å². The van der Waals surface area contributed by atoms with Gasteiger partial charge in [0.05, 0.1) is 29.6 Å². The molecule has 0 aromatic heterocycles. The molecule has 476 valence electrons. The van der Waals surface area contributed by atoms with Gasteiger partial charge in [-0.05, 0) is 126 Å². The minimum Gasteiger partial charge on any atom is -0.542 e. The van der Waals surface area contributed by atoms with Crippen LogP contribution in [-0.2, 0) is 39.6 Å². The maximum atomic E-state index is 15.3. The Labute approximate surface area is 526 Å². The molecular weight excluding hydrogens is 1190 g/mol. The molecular formula is C63H100Cl3N5O11Si3. The van der Waals surface area contributed by atoms with Crippen LogP contribution in [0.2, 0.25) is 52.9 Å². The molecule has 2 aliphatic heterocycles. The number of unbranched alkanes of at least 4 members (excludes halogenated alkanes) is 1. The van der Waals surface area contributed by atoms with E-state index in [0.29, 0.717) is 54.1 Å². The van der Waals surface area contributed by atoms with Gasteiger partial charge in [-0.3, -0.25) is 19.2 Å². The molecule has 16 nitrogen and oxygen atoms in total. The van der Waals surface area contributed by atoms with E-state index < -0.39 is 89.5 Å². The zero-order valence-corrected chi connectivity index (χ0v) is 59.6. The molecule has 5 amide bonds. The first-order valence-electron chi connectivity index (χ1n) is 30.4. The van der Waals surface area contributed by atoms with Gasteiger partial charge in [-0.15, -0.1) is 0 Å². The fraction of sp³-hybridized carbons (Fsp3) is 0.683. The minimum atomic E-state index is -2.64. The Bertz CT molecular complexity index is 2700. The van der Waals surface area contributed by atoms with E-state index in [2.05, 4.69) is 126 Å². The lowest BCUT2D eigenvalue weighted by Crippen LogP contribution is -2.58. The van der Waals surface area contributed by atoms with Gasteiger partial charge in [-0.25, -0.2) is 14.5 Å². The summed E-state index contributed by atoms with van der Waals surface area (Å²) in [6, 6.07) is 9.20. The van der Waals surface area contributed by atoms with Gasteiger partial charge in [-0.2, -0.15) is 0 Å². The molecule has 2 fully saturated rings. The number of alkyl halides is 3. The molecule has 1 aliphatic carbocycles. The minimum absolute atomic E-state index is 0.00283. The Balaban J connectivity index is 1.45. The van der Waals surface area contributed by atoms with E-state index in [1.165, 1.54) is 6.08 Å². The number of nitrogens with one attached hydrogen (secondary N) is 2. The van der Waals surface area contributed by atoms with Gasteiger partial charge in [0.15, 0.2) is 22.8 Å². The lowest BCUT2D eigenvalue weighted by Gasteiger charge is -2.45. The van der Waals surface area contributed by atoms with Crippen molar-refractivity contribution in [3.63, 3.8) is 0 Å². The van der Waals surface area contributed by atoms with Crippen molar-refractivity contribution in [3.05, 3.63) is 65.7 Å². The molecule has 0 bridgehead atoms. The first kappa shape index (κ1) is 71.6. The van der Waals surface area contributed by atoms with Crippen LogP contribution in [0.4, 0.5) is 21.0 Å². The molecule has 2 aromatic rings. The molecule has 85 heavy (non-hydrogen) atoms. The molecule has 22 heteroatoms. The number of carbonyl (C=O) groups is 6. The largest absolute Gasteiger partial charge is 0.542 e. The number of esters is 1. The van der Waals surface area contributed by atoms with Crippen molar-refractivity contribution in [2.75, 3.05) is 36.5 Å². The summed E-state index contributed by atoms with van der Waals surface area (Å²) in [6.45, 7) is 44.1. The van der Waals surface area contributed by atoms with Crippen molar-refractivity contribution in [2.45, 2.75) is 230 Å². The number of aryl methyl sites for hydroxylation is 1. The molecule has 1 spiro atoms. The molecule has 4 atom stereocenters. The summed E-state index contributed by atoms with van der Waals surface area (Å²) in [7, 11) is -7.70. The van der Waals surface area contributed by atoms with Crippen LogP contribution in [0.3, 0.4) is 0 Å². The zero-order valence-electron chi connectivity index (χ0n) is 54.3. The van der Waals surface area contributed by atoms with Crippen LogP contribution in [0.15, 0.2) is 49.1 Å². The van der Waals surface area contributed by atoms with Crippen molar-refractivity contribution in [1.82, 2.24) is 14.8 Å². The fourth-order valence-electron chi connectivity index (χ4n) is 11.6. The van der Waals surface area contributed by atoms with E-state index in [1.54, 1.807) is 33.7 Å². The van der Waals surface area contributed by atoms with Crippen LogP contribution in [0.25, 0.3) is 0 Å². The van der Waals surface area contributed by atoms with Crippen LogP contribution in [0.5, 0.6) is 5.75 Å². The van der Waals surface area contributed by atoms with Crippen LogP contribution in [0.1, 0.15) is 163 Å². The number of anilines is 2. The molecule has 1 saturated carbocycles. The summed E-state index contributed by atoms with van der Waals surface area (Å²) in [6.07, 6.45) is 2.88. The summed E-state index contributed by atoms with van der Waals surface area (Å²) < 4.78 is 31.7. The lowest BCUT2D eigenvalue weighted by atomic mass is 9.91. The third-order valence-electron chi connectivity index (χ3n) is 18.9. The van der Waals surface area contributed by atoms with Crippen molar-refractivity contribution >= 4 is 107 Å². The fourth-order valence-corrected chi connectivity index (χ4v) is 20.4. The topological polar surface area (TPSA) is 182 Å². The summed E-state index contributed by atoms with van der Waals surface area (Å²) in [4.78, 5) is 88.8. The summed E-state index contributed by atoms with van der Waals surface area (Å²) in [5.74, 6) is -2.13. The Kier molecular flexibility index (Phi) is 23.7. The number of ether oxygens (including phenoxy) is 3. The van der Waals surface area contributed by atoms with E-state index in [0.717, 1.165) is 18.4 Å². The Morgan fingerprint density at radius 3 is 1.95 bits per heavy atom. The van der Waals surface area contributed by atoms with E-state index in [1.807, 2.05) is 37.8 Å². The van der Waals surface area contributed by atoms with Crippen LogP contribution >= 0.6 is 34.8 Å². The number of nitrogens with zero attached hydrogens (tertiary/aromatic N) is 3. The molecule has 5 rings (SSSR count). The second kappa shape index (κ2) is 28.1. The second-order valence-corrected chi connectivity index (χ2v) is 46.2. The highest BCUT2D eigenvalue weighted by molar-refractivity contribution is 6.79. The standard InChI is InChI=1S/C63H100Cl3N5O11Si3/c1-21-32-78-53(72)34-47(40(2)3)54(73)68-49(24-22-23-31-70(83(17,18)60(11,12)13)58(76)80-39-63(64,65)66)55(74)67-46-27-25-45(26-28-46)37-79-59(77)71-50-35-52(81-85(41(4)5,42(6)7)43(8)9)44(10)33-48(50)56(75)69-38-62(29-30-62)36-51(69)57(71)82-84(19,20)61(14,15)16/h21,25-28,33,35,40-43,47,49,51,57H,1,22-24,29-32,34,36-39H2,2-20H3,(H,67,74)(H,68,73)/t47-,49-,51-,57?/m0/s1.